The van der Waals surface area contributed by atoms with Crippen LogP contribution >= 0.6 is 0 Å². The van der Waals surface area contributed by atoms with Crippen LogP contribution in [-0.4, -0.2) is 19.0 Å². The minimum absolute atomic E-state index is 0.0920. The van der Waals surface area contributed by atoms with E-state index in [9.17, 15) is 9.59 Å². The molecule has 126 valence electrons. The van der Waals surface area contributed by atoms with E-state index in [1.807, 2.05) is 25.1 Å². The summed E-state index contributed by atoms with van der Waals surface area (Å²) in [5, 5.41) is 2.71. The number of carbonyl (C=O) groups is 2. The molecule has 0 saturated heterocycles. The summed E-state index contributed by atoms with van der Waals surface area (Å²) < 4.78 is 10.6. The third-order valence-corrected chi connectivity index (χ3v) is 3.53. The van der Waals surface area contributed by atoms with E-state index >= 15 is 0 Å². The van der Waals surface area contributed by atoms with Crippen LogP contribution in [0.4, 0.5) is 0 Å². The number of ether oxygens (including phenoxy) is 2. The Balaban J connectivity index is 1.97. The van der Waals surface area contributed by atoms with Gasteiger partial charge in [-0.1, -0.05) is 23.8 Å². The van der Waals surface area contributed by atoms with Gasteiger partial charge in [-0.25, -0.2) is 4.79 Å². The first-order valence-corrected chi connectivity index (χ1v) is 7.63. The van der Waals surface area contributed by atoms with Crippen molar-refractivity contribution in [1.29, 1.82) is 0 Å². The highest BCUT2D eigenvalue weighted by molar-refractivity contribution is 5.89. The second kappa shape index (κ2) is 8.15. The number of benzene rings is 2. The highest BCUT2D eigenvalue weighted by atomic mass is 16.5. The van der Waals surface area contributed by atoms with Crippen LogP contribution < -0.4 is 10.1 Å². The van der Waals surface area contributed by atoms with Crippen molar-refractivity contribution in [2.75, 3.05) is 7.11 Å². The largest absolute Gasteiger partial charge is 0.496 e. The third-order valence-electron chi connectivity index (χ3n) is 3.53. The zero-order valence-electron chi connectivity index (χ0n) is 14.1. The van der Waals surface area contributed by atoms with Crippen LogP contribution in [-0.2, 0) is 22.7 Å². The lowest BCUT2D eigenvalue weighted by atomic mass is 10.1. The van der Waals surface area contributed by atoms with Gasteiger partial charge in [-0.3, -0.25) is 4.79 Å². The Bertz CT molecular complexity index is 723. The molecule has 0 aromatic heterocycles. The van der Waals surface area contributed by atoms with Crippen LogP contribution in [0.15, 0.2) is 42.5 Å². The van der Waals surface area contributed by atoms with Crippen molar-refractivity contribution in [2.45, 2.75) is 27.0 Å². The molecule has 0 aliphatic rings. The Morgan fingerprint density at radius 2 is 1.79 bits per heavy atom. The summed E-state index contributed by atoms with van der Waals surface area (Å²) in [5.41, 5.74) is 3.28. The second-order valence-electron chi connectivity index (χ2n) is 5.50. The fourth-order valence-electron chi connectivity index (χ4n) is 2.23. The van der Waals surface area contributed by atoms with Gasteiger partial charge in [-0.15, -0.1) is 0 Å². The van der Waals surface area contributed by atoms with Crippen LogP contribution in [0.5, 0.6) is 5.75 Å². The summed E-state index contributed by atoms with van der Waals surface area (Å²) in [6.45, 7) is 4.02. The predicted octanol–water partition coefficient (Wildman–Crippen LogP) is 3.00. The fraction of sp³-hybridized carbons (Fsp3) is 0.263. The average Bonchev–Trinajstić information content (AvgIpc) is 2.58. The SMILES string of the molecule is COc1ccc(C)cc1COC(=O)c1ccc(CNC(C)=O)cc1. The molecular formula is C19H21NO4. The number of hydrogen-bond donors (Lipinski definition) is 1. The van der Waals surface area contributed by atoms with Crippen LogP contribution in [0.1, 0.15) is 34.0 Å². The van der Waals surface area contributed by atoms with Gasteiger partial charge in [0, 0.05) is 19.0 Å². The van der Waals surface area contributed by atoms with Crippen molar-refractivity contribution in [1.82, 2.24) is 5.32 Å². The van der Waals surface area contributed by atoms with Crippen LogP contribution in [0, 0.1) is 6.92 Å². The number of carbonyl (C=O) groups excluding carboxylic acids is 2. The molecule has 5 heteroatoms. The summed E-state index contributed by atoms with van der Waals surface area (Å²) in [7, 11) is 1.59. The van der Waals surface area contributed by atoms with E-state index in [0.717, 1.165) is 16.7 Å². The minimum atomic E-state index is -0.398. The van der Waals surface area contributed by atoms with E-state index in [1.165, 1.54) is 6.92 Å². The third kappa shape index (κ3) is 4.84. The summed E-state index contributed by atoms with van der Waals surface area (Å²) in [6, 6.07) is 12.7. The zero-order chi connectivity index (χ0) is 17.5. The Labute approximate surface area is 141 Å². The maximum Gasteiger partial charge on any atom is 0.338 e. The van der Waals surface area contributed by atoms with Gasteiger partial charge in [0.2, 0.25) is 5.91 Å². The number of aryl methyl sites for hydroxylation is 1. The average molecular weight is 327 g/mol. The summed E-state index contributed by atoms with van der Waals surface area (Å²) in [6.07, 6.45) is 0. The van der Waals surface area contributed by atoms with Gasteiger partial charge in [-0.05, 0) is 36.8 Å². The molecule has 1 N–H and O–H groups in total. The monoisotopic (exact) mass is 327 g/mol. The first kappa shape index (κ1) is 17.5. The van der Waals surface area contributed by atoms with E-state index in [1.54, 1.807) is 31.4 Å². The quantitative estimate of drug-likeness (QED) is 0.829. The zero-order valence-corrected chi connectivity index (χ0v) is 14.1. The summed E-state index contributed by atoms with van der Waals surface area (Å²) in [5.74, 6) is 0.203. The molecule has 0 bridgehead atoms. The smallest absolute Gasteiger partial charge is 0.338 e. The standard InChI is InChI=1S/C19H21NO4/c1-13-4-9-18(23-3)17(10-13)12-24-19(22)16-7-5-15(6-8-16)11-20-14(2)21/h4-10H,11-12H2,1-3H3,(H,20,21). The van der Waals surface area contributed by atoms with E-state index in [2.05, 4.69) is 5.32 Å². The molecule has 24 heavy (non-hydrogen) atoms. The first-order chi connectivity index (χ1) is 11.5. The van der Waals surface area contributed by atoms with Crippen LogP contribution in [0.25, 0.3) is 0 Å². The number of amides is 1. The van der Waals surface area contributed by atoms with Crippen molar-refractivity contribution in [3.05, 3.63) is 64.7 Å². The van der Waals surface area contributed by atoms with Gasteiger partial charge < -0.3 is 14.8 Å². The molecule has 2 aromatic carbocycles. The van der Waals surface area contributed by atoms with Gasteiger partial charge >= 0.3 is 5.97 Å². The number of hydrogen-bond acceptors (Lipinski definition) is 4. The molecule has 0 heterocycles. The van der Waals surface area contributed by atoms with Crippen LogP contribution in [0.2, 0.25) is 0 Å². The molecule has 1 amide bonds. The molecule has 0 saturated carbocycles. The molecular weight excluding hydrogens is 306 g/mol. The molecule has 5 nitrogen and oxygen atoms in total. The van der Waals surface area contributed by atoms with E-state index in [4.69, 9.17) is 9.47 Å². The van der Waals surface area contributed by atoms with Gasteiger partial charge in [0.1, 0.15) is 12.4 Å². The van der Waals surface area contributed by atoms with Crippen molar-refractivity contribution >= 4 is 11.9 Å². The molecule has 0 fully saturated rings. The molecule has 0 atom stereocenters. The maximum absolute atomic E-state index is 12.1. The predicted molar refractivity (Wildman–Crippen MR) is 90.8 cm³/mol. The van der Waals surface area contributed by atoms with Gasteiger partial charge in [0.05, 0.1) is 12.7 Å². The summed E-state index contributed by atoms with van der Waals surface area (Å²) in [4.78, 5) is 23.0. The van der Waals surface area contributed by atoms with Crippen molar-refractivity contribution in [2.24, 2.45) is 0 Å². The molecule has 0 unspecified atom stereocenters. The number of esters is 1. The molecule has 0 aliphatic heterocycles. The number of methoxy groups -OCH3 is 1. The highest BCUT2D eigenvalue weighted by Crippen LogP contribution is 2.21. The molecule has 0 aliphatic carbocycles. The van der Waals surface area contributed by atoms with Crippen molar-refractivity contribution in [3.63, 3.8) is 0 Å². The van der Waals surface area contributed by atoms with E-state index in [0.29, 0.717) is 17.9 Å². The Kier molecular flexibility index (Phi) is 5.95. The normalized spacial score (nSPS) is 10.1. The van der Waals surface area contributed by atoms with E-state index in [-0.39, 0.29) is 12.5 Å². The second-order valence-corrected chi connectivity index (χ2v) is 5.50. The van der Waals surface area contributed by atoms with Gasteiger partial charge in [0.25, 0.3) is 0 Å². The lowest BCUT2D eigenvalue weighted by molar-refractivity contribution is -0.119. The first-order valence-electron chi connectivity index (χ1n) is 7.63. The fourth-order valence-corrected chi connectivity index (χ4v) is 2.23. The molecule has 0 radical (unpaired) electrons. The highest BCUT2D eigenvalue weighted by Gasteiger charge is 2.10. The molecule has 2 rings (SSSR count). The van der Waals surface area contributed by atoms with Crippen molar-refractivity contribution < 1.29 is 19.1 Å². The molecule has 2 aromatic rings. The van der Waals surface area contributed by atoms with E-state index < -0.39 is 5.97 Å². The Hall–Kier alpha value is -2.82. The lowest BCUT2D eigenvalue weighted by Crippen LogP contribution is -2.18. The summed E-state index contributed by atoms with van der Waals surface area (Å²) >= 11 is 0. The van der Waals surface area contributed by atoms with Crippen LogP contribution in [0.3, 0.4) is 0 Å². The number of rotatable bonds is 6. The maximum atomic E-state index is 12.1. The van der Waals surface area contributed by atoms with Crippen molar-refractivity contribution in [3.8, 4) is 5.75 Å². The number of nitrogens with one attached hydrogen (secondary N) is 1. The Morgan fingerprint density at radius 1 is 1.08 bits per heavy atom. The minimum Gasteiger partial charge on any atom is -0.496 e. The molecule has 0 spiro atoms. The Morgan fingerprint density at radius 3 is 2.42 bits per heavy atom. The van der Waals surface area contributed by atoms with Gasteiger partial charge in [-0.2, -0.15) is 0 Å². The topological polar surface area (TPSA) is 64.6 Å². The van der Waals surface area contributed by atoms with Gasteiger partial charge in [0.15, 0.2) is 0 Å². The lowest BCUT2D eigenvalue weighted by Gasteiger charge is -2.10.